The lowest BCUT2D eigenvalue weighted by atomic mass is 10.0. The van der Waals surface area contributed by atoms with E-state index in [9.17, 15) is 9.59 Å². The van der Waals surface area contributed by atoms with E-state index in [-0.39, 0.29) is 18.2 Å². The normalized spacial score (nSPS) is 18.6. The number of halogens is 1. The molecule has 0 saturated carbocycles. The van der Waals surface area contributed by atoms with E-state index in [1.165, 1.54) is 0 Å². The third-order valence-electron chi connectivity index (χ3n) is 3.45. The number of carbonyl (C=O) groups excluding carboxylic acids is 2. The average Bonchev–Trinajstić information content (AvgIpc) is 2.46. The van der Waals surface area contributed by atoms with Gasteiger partial charge in [0.25, 0.3) is 0 Å². The molecule has 1 unspecified atom stereocenters. The third-order valence-corrected chi connectivity index (χ3v) is 3.78. The Balaban J connectivity index is 2.08. The van der Waals surface area contributed by atoms with Crippen molar-refractivity contribution in [2.75, 3.05) is 19.8 Å². The molecule has 126 valence electrons. The quantitative estimate of drug-likeness (QED) is 0.790. The summed E-state index contributed by atoms with van der Waals surface area (Å²) in [6.45, 7) is 6.61. The minimum absolute atomic E-state index is 0.111. The first kappa shape index (κ1) is 17.8. The predicted molar refractivity (Wildman–Crippen MR) is 87.9 cm³/mol. The molecule has 1 aromatic carbocycles. The second kappa shape index (κ2) is 7.32. The van der Waals surface area contributed by atoms with Crippen molar-refractivity contribution in [2.24, 2.45) is 0 Å². The highest BCUT2D eigenvalue weighted by Crippen LogP contribution is 2.21. The lowest BCUT2D eigenvalue weighted by molar-refractivity contribution is -0.0322. The van der Waals surface area contributed by atoms with Crippen LogP contribution in [0.25, 0.3) is 0 Å². The molecule has 1 aliphatic heterocycles. The molecule has 1 heterocycles. The highest BCUT2D eigenvalue weighted by atomic mass is 35.5. The molecule has 6 heteroatoms. The van der Waals surface area contributed by atoms with Gasteiger partial charge >= 0.3 is 6.09 Å². The van der Waals surface area contributed by atoms with Gasteiger partial charge in [-0.15, -0.1) is 0 Å². The van der Waals surface area contributed by atoms with Crippen molar-refractivity contribution in [3.05, 3.63) is 34.9 Å². The maximum absolute atomic E-state index is 12.5. The Kier molecular flexibility index (Phi) is 5.65. The summed E-state index contributed by atoms with van der Waals surface area (Å²) < 4.78 is 10.8. The molecule has 1 amide bonds. The van der Waals surface area contributed by atoms with Gasteiger partial charge in [0.15, 0.2) is 5.78 Å². The molecular weight excluding hydrogens is 318 g/mol. The summed E-state index contributed by atoms with van der Waals surface area (Å²) in [7, 11) is 0. The Hall–Kier alpha value is -1.59. The van der Waals surface area contributed by atoms with Gasteiger partial charge in [-0.2, -0.15) is 0 Å². The highest BCUT2D eigenvalue weighted by Gasteiger charge is 2.32. The van der Waals surface area contributed by atoms with E-state index in [0.717, 1.165) is 0 Å². The Labute approximate surface area is 141 Å². The topological polar surface area (TPSA) is 55.8 Å². The number of Topliss-reactive ketones (excluding diaryl/α,β-unsaturated/α-hetero) is 1. The fourth-order valence-electron chi connectivity index (χ4n) is 2.40. The van der Waals surface area contributed by atoms with Gasteiger partial charge in [-0.3, -0.25) is 4.79 Å². The zero-order chi connectivity index (χ0) is 17.0. The van der Waals surface area contributed by atoms with E-state index in [2.05, 4.69) is 0 Å². The van der Waals surface area contributed by atoms with Crippen LogP contribution >= 0.6 is 11.6 Å². The third kappa shape index (κ3) is 4.94. The minimum Gasteiger partial charge on any atom is -0.444 e. The van der Waals surface area contributed by atoms with Crippen LogP contribution in [-0.4, -0.2) is 48.2 Å². The Morgan fingerprint density at radius 3 is 2.70 bits per heavy atom. The molecule has 5 nitrogen and oxygen atoms in total. The SMILES string of the molecule is CC(C)(C)OC(=O)N1CCOCC1CC(=O)c1ccccc1Cl. The molecule has 1 aliphatic rings. The summed E-state index contributed by atoms with van der Waals surface area (Å²) in [6, 6.07) is 6.56. The van der Waals surface area contributed by atoms with Crippen LogP contribution in [0.2, 0.25) is 5.02 Å². The van der Waals surface area contributed by atoms with E-state index in [1.54, 1.807) is 29.2 Å². The van der Waals surface area contributed by atoms with E-state index < -0.39 is 11.7 Å². The predicted octanol–water partition coefficient (Wildman–Crippen LogP) is 3.55. The number of ether oxygens (including phenoxy) is 2. The fraction of sp³-hybridized carbons (Fsp3) is 0.529. The molecule has 0 aliphatic carbocycles. The molecule has 23 heavy (non-hydrogen) atoms. The molecule has 1 fully saturated rings. The Bertz CT molecular complexity index is 582. The van der Waals surface area contributed by atoms with Gasteiger partial charge in [-0.1, -0.05) is 23.7 Å². The van der Waals surface area contributed by atoms with Crippen molar-refractivity contribution in [2.45, 2.75) is 38.8 Å². The first-order chi connectivity index (χ1) is 10.8. The molecular formula is C17H22ClNO4. The first-order valence-corrected chi connectivity index (χ1v) is 8.01. The van der Waals surface area contributed by atoms with Crippen LogP contribution in [-0.2, 0) is 9.47 Å². The first-order valence-electron chi connectivity index (χ1n) is 7.63. The Morgan fingerprint density at radius 2 is 2.04 bits per heavy atom. The summed E-state index contributed by atoms with van der Waals surface area (Å²) in [5, 5.41) is 0.415. The largest absolute Gasteiger partial charge is 0.444 e. The summed E-state index contributed by atoms with van der Waals surface area (Å²) in [6.07, 6.45) is -0.263. The molecule has 0 spiro atoms. The second-order valence-corrected chi connectivity index (χ2v) is 6.92. The van der Waals surface area contributed by atoms with Gasteiger partial charge in [0.1, 0.15) is 5.60 Å². The average molecular weight is 340 g/mol. The van der Waals surface area contributed by atoms with Crippen LogP contribution in [0.1, 0.15) is 37.6 Å². The van der Waals surface area contributed by atoms with Gasteiger partial charge in [0.05, 0.1) is 24.3 Å². The molecule has 0 bridgehead atoms. The second-order valence-electron chi connectivity index (χ2n) is 6.51. The van der Waals surface area contributed by atoms with Crippen LogP contribution in [0.3, 0.4) is 0 Å². The van der Waals surface area contributed by atoms with E-state index in [4.69, 9.17) is 21.1 Å². The van der Waals surface area contributed by atoms with Crippen LogP contribution < -0.4 is 0 Å². The van der Waals surface area contributed by atoms with Gasteiger partial charge in [-0.25, -0.2) is 4.79 Å². The summed E-state index contributed by atoms with van der Waals surface area (Å²) in [5.74, 6) is -0.111. The highest BCUT2D eigenvalue weighted by molar-refractivity contribution is 6.33. The van der Waals surface area contributed by atoms with Gasteiger partial charge < -0.3 is 14.4 Å². The number of amides is 1. The maximum atomic E-state index is 12.5. The maximum Gasteiger partial charge on any atom is 0.410 e. The molecule has 0 aromatic heterocycles. The van der Waals surface area contributed by atoms with E-state index >= 15 is 0 Å². The van der Waals surface area contributed by atoms with Crippen LogP contribution in [0.4, 0.5) is 4.79 Å². The number of hydrogen-bond donors (Lipinski definition) is 0. The number of nitrogens with zero attached hydrogens (tertiary/aromatic N) is 1. The molecule has 2 rings (SSSR count). The van der Waals surface area contributed by atoms with Crippen molar-refractivity contribution < 1.29 is 19.1 Å². The summed E-state index contributed by atoms with van der Waals surface area (Å²) in [5.41, 5.74) is -0.115. The monoisotopic (exact) mass is 339 g/mol. The van der Waals surface area contributed by atoms with Crippen LogP contribution in [0, 0.1) is 0 Å². The standard InChI is InChI=1S/C17H22ClNO4/c1-17(2,3)23-16(21)19-8-9-22-11-12(19)10-15(20)13-6-4-5-7-14(13)18/h4-7,12H,8-11H2,1-3H3. The van der Waals surface area contributed by atoms with Gasteiger partial charge in [0, 0.05) is 18.5 Å². The number of rotatable bonds is 3. The number of carbonyl (C=O) groups is 2. The zero-order valence-corrected chi connectivity index (χ0v) is 14.4. The van der Waals surface area contributed by atoms with Crippen molar-refractivity contribution in [1.29, 1.82) is 0 Å². The van der Waals surface area contributed by atoms with Crippen molar-refractivity contribution in [3.63, 3.8) is 0 Å². The van der Waals surface area contributed by atoms with Crippen LogP contribution in [0.5, 0.6) is 0 Å². The molecule has 1 saturated heterocycles. The van der Waals surface area contributed by atoms with Crippen molar-refractivity contribution in [1.82, 2.24) is 4.90 Å². The van der Waals surface area contributed by atoms with Crippen molar-refractivity contribution in [3.8, 4) is 0 Å². The molecule has 1 aromatic rings. The lowest BCUT2D eigenvalue weighted by Gasteiger charge is -2.36. The van der Waals surface area contributed by atoms with Gasteiger partial charge in [0.2, 0.25) is 0 Å². The summed E-state index contributed by atoms with van der Waals surface area (Å²) >= 11 is 6.07. The lowest BCUT2D eigenvalue weighted by Crippen LogP contribution is -2.51. The number of hydrogen-bond acceptors (Lipinski definition) is 4. The smallest absolute Gasteiger partial charge is 0.410 e. The number of morpholine rings is 1. The molecule has 0 radical (unpaired) electrons. The Morgan fingerprint density at radius 1 is 1.35 bits per heavy atom. The van der Waals surface area contributed by atoms with E-state index in [0.29, 0.717) is 30.3 Å². The van der Waals surface area contributed by atoms with Gasteiger partial charge in [-0.05, 0) is 32.9 Å². The van der Waals surface area contributed by atoms with Crippen molar-refractivity contribution >= 4 is 23.5 Å². The summed E-state index contributed by atoms with van der Waals surface area (Å²) in [4.78, 5) is 26.4. The number of benzene rings is 1. The molecule has 0 N–H and O–H groups in total. The van der Waals surface area contributed by atoms with E-state index in [1.807, 2.05) is 20.8 Å². The zero-order valence-electron chi connectivity index (χ0n) is 13.7. The fourth-order valence-corrected chi connectivity index (χ4v) is 2.64. The number of ketones is 1. The molecule has 1 atom stereocenters. The minimum atomic E-state index is -0.577. The van der Waals surface area contributed by atoms with Crippen LogP contribution in [0.15, 0.2) is 24.3 Å².